The molecule has 0 bridgehead atoms. The average molecular weight is 273 g/mol. The van der Waals surface area contributed by atoms with Gasteiger partial charge < -0.3 is 16.2 Å². The van der Waals surface area contributed by atoms with Gasteiger partial charge in [-0.25, -0.2) is 0 Å². The summed E-state index contributed by atoms with van der Waals surface area (Å²) in [5, 5.41) is 0.472. The zero-order chi connectivity index (χ0) is 13.0. The molecule has 0 aliphatic rings. The number of benzene rings is 1. The minimum Gasteiger partial charge on any atom is -0.480 e. The lowest BCUT2D eigenvalue weighted by Gasteiger charge is -2.16. The number of amides is 1. The fourth-order valence-electron chi connectivity index (χ4n) is 1.29. The van der Waals surface area contributed by atoms with Crippen LogP contribution in [0.25, 0.3) is 0 Å². The van der Waals surface area contributed by atoms with Crippen LogP contribution >= 0.6 is 23.8 Å². The number of rotatable bonds is 5. The Labute approximate surface area is 110 Å². The van der Waals surface area contributed by atoms with Crippen LogP contribution in [0.5, 0.6) is 5.75 Å². The van der Waals surface area contributed by atoms with Gasteiger partial charge in [-0.2, -0.15) is 0 Å². The number of ether oxygens (including phenoxy) is 1. The minimum absolute atomic E-state index is 0.177. The molecule has 0 aromatic heterocycles. The minimum atomic E-state index is -0.721. The van der Waals surface area contributed by atoms with Crippen molar-refractivity contribution in [3.05, 3.63) is 28.8 Å². The highest BCUT2D eigenvalue weighted by atomic mass is 35.5. The molecule has 0 saturated carbocycles. The highest BCUT2D eigenvalue weighted by Gasteiger charge is 2.17. The van der Waals surface area contributed by atoms with Crippen molar-refractivity contribution in [3.63, 3.8) is 0 Å². The molecule has 0 fully saturated rings. The molecular weight excluding hydrogens is 260 g/mol. The molecule has 0 aliphatic carbocycles. The van der Waals surface area contributed by atoms with Crippen molar-refractivity contribution in [3.8, 4) is 5.75 Å². The average Bonchev–Trinajstić information content (AvgIpc) is 2.25. The molecule has 1 amide bonds. The third-order valence-electron chi connectivity index (χ3n) is 2.17. The lowest BCUT2D eigenvalue weighted by molar-refractivity contribution is -0.124. The number of nitrogens with two attached hydrogens (primary N) is 2. The first-order valence-corrected chi connectivity index (χ1v) is 5.79. The quantitative estimate of drug-likeness (QED) is 0.799. The maximum absolute atomic E-state index is 11.1. The summed E-state index contributed by atoms with van der Waals surface area (Å²) in [6, 6.07) is 4.85. The maximum Gasteiger partial charge on any atom is 0.258 e. The van der Waals surface area contributed by atoms with E-state index in [2.05, 4.69) is 0 Å². The molecule has 0 saturated heterocycles. The topological polar surface area (TPSA) is 78.3 Å². The number of hydrogen-bond acceptors (Lipinski definition) is 3. The first kappa shape index (κ1) is 13.7. The van der Waals surface area contributed by atoms with Crippen LogP contribution in [0.15, 0.2) is 18.2 Å². The van der Waals surface area contributed by atoms with Gasteiger partial charge >= 0.3 is 0 Å². The Morgan fingerprint density at radius 3 is 2.65 bits per heavy atom. The molecule has 17 heavy (non-hydrogen) atoms. The van der Waals surface area contributed by atoms with Crippen LogP contribution in [0.1, 0.15) is 18.9 Å². The van der Waals surface area contributed by atoms with E-state index in [1.807, 2.05) is 0 Å². The Morgan fingerprint density at radius 2 is 2.18 bits per heavy atom. The lowest BCUT2D eigenvalue weighted by Crippen LogP contribution is -2.33. The van der Waals surface area contributed by atoms with Crippen molar-refractivity contribution in [2.45, 2.75) is 19.4 Å². The third-order valence-corrected chi connectivity index (χ3v) is 2.62. The SMILES string of the molecule is CCC(Oc1cc(Cl)ccc1C(N)=S)C(N)=O. The van der Waals surface area contributed by atoms with Crippen LogP contribution in [0.2, 0.25) is 5.02 Å². The highest BCUT2D eigenvalue weighted by Crippen LogP contribution is 2.24. The Hall–Kier alpha value is -1.33. The van der Waals surface area contributed by atoms with Gasteiger partial charge in [0.1, 0.15) is 10.7 Å². The monoisotopic (exact) mass is 272 g/mol. The Balaban J connectivity index is 3.07. The Morgan fingerprint density at radius 1 is 1.53 bits per heavy atom. The van der Waals surface area contributed by atoms with E-state index in [1.54, 1.807) is 25.1 Å². The van der Waals surface area contributed by atoms with Gasteiger partial charge in [-0.15, -0.1) is 0 Å². The van der Waals surface area contributed by atoms with Crippen molar-refractivity contribution in [2.24, 2.45) is 11.5 Å². The molecule has 1 rings (SSSR count). The molecular formula is C11H13ClN2O2S. The lowest BCUT2D eigenvalue weighted by atomic mass is 10.2. The predicted octanol–water partition coefficient (Wildman–Crippen LogP) is 1.62. The van der Waals surface area contributed by atoms with Gasteiger partial charge in [0.2, 0.25) is 0 Å². The van der Waals surface area contributed by atoms with E-state index in [9.17, 15) is 4.79 Å². The van der Waals surface area contributed by atoms with E-state index < -0.39 is 12.0 Å². The van der Waals surface area contributed by atoms with Crippen LogP contribution in [0.3, 0.4) is 0 Å². The second kappa shape index (κ2) is 5.84. The number of carbonyl (C=O) groups excluding carboxylic acids is 1. The molecule has 0 spiro atoms. The van der Waals surface area contributed by atoms with E-state index in [4.69, 9.17) is 40.0 Å². The molecule has 1 aromatic carbocycles. The normalized spacial score (nSPS) is 11.9. The van der Waals surface area contributed by atoms with Gasteiger partial charge in [0.25, 0.3) is 5.91 Å². The smallest absolute Gasteiger partial charge is 0.258 e. The molecule has 92 valence electrons. The third kappa shape index (κ3) is 3.57. The van der Waals surface area contributed by atoms with Crippen molar-refractivity contribution >= 4 is 34.7 Å². The molecule has 6 heteroatoms. The van der Waals surface area contributed by atoms with E-state index in [0.29, 0.717) is 22.8 Å². The fraction of sp³-hybridized carbons (Fsp3) is 0.273. The summed E-state index contributed by atoms with van der Waals surface area (Å²) < 4.78 is 5.47. The van der Waals surface area contributed by atoms with Gasteiger partial charge in [0, 0.05) is 5.02 Å². The summed E-state index contributed by atoms with van der Waals surface area (Å²) in [6.45, 7) is 1.79. The van der Waals surface area contributed by atoms with Gasteiger partial charge in [0.05, 0.1) is 5.56 Å². The fourth-order valence-corrected chi connectivity index (χ4v) is 1.62. The zero-order valence-electron chi connectivity index (χ0n) is 9.27. The molecule has 4 N–H and O–H groups in total. The predicted molar refractivity (Wildman–Crippen MR) is 71.2 cm³/mol. The summed E-state index contributed by atoms with van der Waals surface area (Å²) in [6.07, 6.45) is -0.264. The van der Waals surface area contributed by atoms with Crippen LogP contribution in [-0.2, 0) is 4.79 Å². The van der Waals surface area contributed by atoms with Crippen molar-refractivity contribution < 1.29 is 9.53 Å². The number of thiocarbonyl (C=S) groups is 1. The van der Waals surface area contributed by atoms with Gasteiger partial charge in [0.15, 0.2) is 6.10 Å². The van der Waals surface area contributed by atoms with Gasteiger partial charge in [-0.1, -0.05) is 30.7 Å². The van der Waals surface area contributed by atoms with Crippen LogP contribution < -0.4 is 16.2 Å². The molecule has 0 aliphatic heterocycles. The van der Waals surface area contributed by atoms with E-state index in [0.717, 1.165) is 0 Å². The number of carbonyl (C=O) groups is 1. The second-order valence-electron chi connectivity index (χ2n) is 3.42. The summed E-state index contributed by atoms with van der Waals surface area (Å²) >= 11 is 10.7. The summed E-state index contributed by atoms with van der Waals surface area (Å²) in [4.78, 5) is 11.3. The Kier molecular flexibility index (Phi) is 4.72. The number of hydrogen-bond donors (Lipinski definition) is 2. The summed E-state index contributed by atoms with van der Waals surface area (Å²) in [7, 11) is 0. The Bertz CT molecular complexity index is 451. The first-order valence-electron chi connectivity index (χ1n) is 5.01. The van der Waals surface area contributed by atoms with E-state index in [-0.39, 0.29) is 4.99 Å². The largest absolute Gasteiger partial charge is 0.480 e. The zero-order valence-corrected chi connectivity index (χ0v) is 10.8. The molecule has 1 unspecified atom stereocenters. The van der Waals surface area contributed by atoms with Crippen molar-refractivity contribution in [1.29, 1.82) is 0 Å². The van der Waals surface area contributed by atoms with Gasteiger partial charge in [-0.05, 0) is 24.6 Å². The van der Waals surface area contributed by atoms with Crippen molar-refractivity contribution in [2.75, 3.05) is 0 Å². The highest BCUT2D eigenvalue weighted by molar-refractivity contribution is 7.80. The van der Waals surface area contributed by atoms with E-state index in [1.165, 1.54) is 0 Å². The first-order chi connectivity index (χ1) is 7.95. The summed E-state index contributed by atoms with van der Waals surface area (Å²) in [5.74, 6) is -0.169. The molecule has 1 aromatic rings. The molecule has 4 nitrogen and oxygen atoms in total. The molecule has 0 radical (unpaired) electrons. The molecule has 0 heterocycles. The van der Waals surface area contributed by atoms with Crippen LogP contribution in [0, 0.1) is 0 Å². The standard InChI is InChI=1S/C11H13ClN2O2S/c1-2-8(10(13)15)16-9-5-6(12)3-4-7(9)11(14)17/h3-5,8H,2H2,1H3,(H2,13,15)(H2,14,17). The molecule has 1 atom stereocenters. The van der Waals surface area contributed by atoms with Crippen LogP contribution in [0.4, 0.5) is 0 Å². The van der Waals surface area contributed by atoms with Gasteiger partial charge in [-0.3, -0.25) is 4.79 Å². The van der Waals surface area contributed by atoms with Crippen molar-refractivity contribution in [1.82, 2.24) is 0 Å². The van der Waals surface area contributed by atoms with Crippen LogP contribution in [-0.4, -0.2) is 17.0 Å². The maximum atomic E-state index is 11.1. The number of halogens is 1. The van der Waals surface area contributed by atoms with E-state index >= 15 is 0 Å². The summed E-state index contributed by atoms with van der Waals surface area (Å²) in [5.41, 5.74) is 11.3. The number of primary amides is 1. The second-order valence-corrected chi connectivity index (χ2v) is 4.30.